The fraction of sp³-hybridized carbons (Fsp3) is 0.143. The lowest BCUT2D eigenvalue weighted by Gasteiger charge is -2.29. The van der Waals surface area contributed by atoms with Crippen LogP contribution in [0.4, 0.5) is 0 Å². The van der Waals surface area contributed by atoms with Crippen LogP contribution in [-0.2, 0) is 16.1 Å². The van der Waals surface area contributed by atoms with Gasteiger partial charge in [-0.05, 0) is 58.2 Å². The smallest absolute Gasteiger partial charge is 0.336 e. The first-order chi connectivity index (χ1) is 16.9. The Morgan fingerprint density at radius 2 is 1.77 bits per heavy atom. The fourth-order valence-corrected chi connectivity index (χ4v) is 5.24. The highest BCUT2D eigenvalue weighted by Gasteiger charge is 2.42. The standard InChI is InChI=1S/C28H21BrClNO4/c1-15-23(28(33)34-2)24(25-26(31-15)19-5-3-4-6-20(19)27(25)32)17-9-12-22(21(29)13-17)35-14-16-7-10-18(30)11-8-16/h3-13,24,31H,14H2,1-2H3/t24-/m0/s1. The van der Waals surface area contributed by atoms with Crippen LogP contribution in [0.2, 0.25) is 5.02 Å². The Morgan fingerprint density at radius 1 is 1.06 bits per heavy atom. The van der Waals surface area contributed by atoms with Crippen molar-refractivity contribution >= 4 is 45.0 Å². The van der Waals surface area contributed by atoms with E-state index in [4.69, 9.17) is 21.1 Å². The normalized spacial score (nSPS) is 16.6. The van der Waals surface area contributed by atoms with Gasteiger partial charge in [0.25, 0.3) is 0 Å². The lowest BCUT2D eigenvalue weighted by atomic mass is 9.80. The van der Waals surface area contributed by atoms with E-state index in [9.17, 15) is 9.59 Å². The van der Waals surface area contributed by atoms with Crippen molar-refractivity contribution in [3.63, 3.8) is 0 Å². The predicted molar refractivity (Wildman–Crippen MR) is 138 cm³/mol. The maximum Gasteiger partial charge on any atom is 0.336 e. The first-order valence-electron chi connectivity index (χ1n) is 11.0. The molecule has 1 aliphatic heterocycles. The number of rotatable bonds is 5. The van der Waals surface area contributed by atoms with Crippen LogP contribution in [0.5, 0.6) is 5.75 Å². The predicted octanol–water partition coefficient (Wildman–Crippen LogP) is 6.42. The van der Waals surface area contributed by atoms with Crippen molar-refractivity contribution in [2.24, 2.45) is 0 Å². The van der Waals surface area contributed by atoms with E-state index >= 15 is 0 Å². The monoisotopic (exact) mass is 549 g/mol. The van der Waals surface area contributed by atoms with Crippen molar-refractivity contribution < 1.29 is 19.1 Å². The van der Waals surface area contributed by atoms with E-state index in [-0.39, 0.29) is 5.78 Å². The number of methoxy groups -OCH3 is 1. The highest BCUT2D eigenvalue weighted by atomic mass is 79.9. The molecule has 1 heterocycles. The number of hydrogen-bond acceptors (Lipinski definition) is 5. The quantitative estimate of drug-likeness (QED) is 0.371. The summed E-state index contributed by atoms with van der Waals surface area (Å²) in [6, 6.07) is 20.5. The molecule has 0 unspecified atom stereocenters. The molecule has 0 aromatic heterocycles. The zero-order valence-corrected chi connectivity index (χ0v) is 21.4. The molecular weight excluding hydrogens is 530 g/mol. The van der Waals surface area contributed by atoms with Gasteiger partial charge in [-0.1, -0.05) is 54.1 Å². The maximum atomic E-state index is 13.5. The summed E-state index contributed by atoms with van der Waals surface area (Å²) in [7, 11) is 1.35. The third-order valence-corrected chi connectivity index (χ3v) is 7.12. The number of halogens is 2. The Balaban J connectivity index is 1.53. The number of ether oxygens (including phenoxy) is 2. The van der Waals surface area contributed by atoms with Crippen LogP contribution >= 0.6 is 27.5 Å². The Kier molecular flexibility index (Phi) is 6.26. The van der Waals surface area contributed by atoms with E-state index in [0.717, 1.165) is 26.9 Å². The average molecular weight is 551 g/mol. The van der Waals surface area contributed by atoms with E-state index in [0.29, 0.717) is 39.8 Å². The number of dihydropyridines is 1. The molecule has 176 valence electrons. The summed E-state index contributed by atoms with van der Waals surface area (Å²) < 4.78 is 11.8. The van der Waals surface area contributed by atoms with Crippen molar-refractivity contribution in [2.75, 3.05) is 7.11 Å². The fourth-order valence-electron chi connectivity index (χ4n) is 4.60. The number of benzene rings is 3. The van der Waals surface area contributed by atoms with Crippen LogP contribution < -0.4 is 10.1 Å². The first-order valence-corrected chi connectivity index (χ1v) is 12.2. The van der Waals surface area contributed by atoms with Crippen LogP contribution in [0.15, 0.2) is 88.0 Å². The van der Waals surface area contributed by atoms with Crippen molar-refractivity contribution in [2.45, 2.75) is 19.4 Å². The lowest BCUT2D eigenvalue weighted by molar-refractivity contribution is -0.136. The zero-order chi connectivity index (χ0) is 24.7. The third kappa shape index (κ3) is 4.17. The molecule has 1 atom stereocenters. The largest absolute Gasteiger partial charge is 0.488 e. The summed E-state index contributed by atoms with van der Waals surface area (Å²) in [5.41, 5.74) is 5.57. The minimum absolute atomic E-state index is 0.0961. The van der Waals surface area contributed by atoms with Gasteiger partial charge in [-0.2, -0.15) is 0 Å². The van der Waals surface area contributed by atoms with Gasteiger partial charge in [-0.15, -0.1) is 0 Å². The average Bonchev–Trinajstić information content (AvgIpc) is 3.14. The van der Waals surface area contributed by atoms with Gasteiger partial charge in [-0.3, -0.25) is 4.79 Å². The molecule has 0 spiro atoms. The van der Waals surface area contributed by atoms with E-state index < -0.39 is 11.9 Å². The number of ketones is 1. The zero-order valence-electron chi connectivity index (χ0n) is 19.0. The number of esters is 1. The topological polar surface area (TPSA) is 64.6 Å². The SMILES string of the molecule is COC(=O)C1=C(C)NC2=C(C(=O)c3ccccc32)[C@H]1c1ccc(OCc2ccc(Cl)cc2)c(Br)c1. The lowest BCUT2D eigenvalue weighted by Crippen LogP contribution is -2.29. The summed E-state index contributed by atoms with van der Waals surface area (Å²) in [5.74, 6) is -0.510. The second-order valence-corrected chi connectivity index (χ2v) is 9.65. The number of carbonyl (C=O) groups excluding carboxylic acids is 2. The molecule has 35 heavy (non-hydrogen) atoms. The van der Waals surface area contributed by atoms with Crippen LogP contribution in [0.1, 0.15) is 39.9 Å². The molecular formula is C28H21BrClNO4. The summed E-state index contributed by atoms with van der Waals surface area (Å²) in [6.07, 6.45) is 0. The molecule has 5 nitrogen and oxygen atoms in total. The number of nitrogens with one attached hydrogen (secondary N) is 1. The number of allylic oxidation sites excluding steroid dienone is 2. The van der Waals surface area contributed by atoms with E-state index in [1.54, 1.807) is 0 Å². The van der Waals surface area contributed by atoms with Gasteiger partial charge in [0.2, 0.25) is 0 Å². The van der Waals surface area contributed by atoms with E-state index in [1.165, 1.54) is 7.11 Å². The minimum Gasteiger partial charge on any atom is -0.488 e. The molecule has 0 fully saturated rings. The molecule has 0 saturated heterocycles. The van der Waals surface area contributed by atoms with Gasteiger partial charge in [0.05, 0.1) is 22.9 Å². The number of carbonyl (C=O) groups is 2. The van der Waals surface area contributed by atoms with Gasteiger partial charge in [0.1, 0.15) is 12.4 Å². The molecule has 3 aromatic rings. The second kappa shape index (κ2) is 9.36. The van der Waals surface area contributed by atoms with Gasteiger partial charge in [0, 0.05) is 33.3 Å². The second-order valence-electron chi connectivity index (χ2n) is 8.36. The van der Waals surface area contributed by atoms with Crippen LogP contribution in [0.25, 0.3) is 5.70 Å². The van der Waals surface area contributed by atoms with Crippen molar-refractivity contribution in [1.82, 2.24) is 5.32 Å². The molecule has 5 rings (SSSR count). The Labute approximate surface area is 216 Å². The Hall–Kier alpha value is -3.35. The summed E-state index contributed by atoms with van der Waals surface area (Å²) >= 11 is 9.57. The van der Waals surface area contributed by atoms with E-state index in [2.05, 4.69) is 21.2 Å². The number of fused-ring (bicyclic) bond motifs is 2. The molecule has 0 radical (unpaired) electrons. The minimum atomic E-state index is -0.583. The van der Waals surface area contributed by atoms with Gasteiger partial charge in [-0.25, -0.2) is 4.79 Å². The number of hydrogen-bond donors (Lipinski definition) is 1. The summed E-state index contributed by atoms with van der Waals surface area (Å²) in [4.78, 5) is 26.4. The molecule has 3 aromatic carbocycles. The van der Waals surface area contributed by atoms with Crippen molar-refractivity contribution in [3.05, 3.63) is 115 Å². The molecule has 7 heteroatoms. The third-order valence-electron chi connectivity index (χ3n) is 6.25. The maximum absolute atomic E-state index is 13.5. The molecule has 0 bridgehead atoms. The highest BCUT2D eigenvalue weighted by molar-refractivity contribution is 9.10. The highest BCUT2D eigenvalue weighted by Crippen LogP contribution is 2.47. The van der Waals surface area contributed by atoms with Gasteiger partial charge in [0.15, 0.2) is 5.78 Å². The van der Waals surface area contributed by atoms with Gasteiger partial charge >= 0.3 is 5.97 Å². The molecule has 0 saturated carbocycles. The van der Waals surface area contributed by atoms with Crippen LogP contribution in [-0.4, -0.2) is 18.9 Å². The molecule has 1 N–H and O–H groups in total. The molecule has 2 aliphatic rings. The molecule has 0 amide bonds. The Morgan fingerprint density at radius 3 is 2.46 bits per heavy atom. The van der Waals surface area contributed by atoms with Gasteiger partial charge < -0.3 is 14.8 Å². The van der Waals surface area contributed by atoms with Crippen LogP contribution in [0, 0.1) is 0 Å². The Bertz CT molecular complexity index is 1430. The first kappa shape index (κ1) is 23.4. The van der Waals surface area contributed by atoms with Crippen LogP contribution in [0.3, 0.4) is 0 Å². The summed E-state index contributed by atoms with van der Waals surface area (Å²) in [6.45, 7) is 2.20. The van der Waals surface area contributed by atoms with E-state index in [1.807, 2.05) is 73.7 Å². The van der Waals surface area contributed by atoms with Crippen molar-refractivity contribution in [3.8, 4) is 5.75 Å². The molecule has 1 aliphatic carbocycles. The number of Topliss-reactive ketones (excluding diaryl/α,β-unsaturated/α-hetero) is 1. The van der Waals surface area contributed by atoms with Crippen molar-refractivity contribution in [1.29, 1.82) is 0 Å². The summed E-state index contributed by atoms with van der Waals surface area (Å²) in [5, 5.41) is 3.96.